The molecule has 0 spiro atoms. The second-order valence-electron chi connectivity index (χ2n) is 4.57. The van der Waals surface area contributed by atoms with Gasteiger partial charge in [0.25, 0.3) is 0 Å². The highest BCUT2D eigenvalue weighted by Gasteiger charge is 2.22. The number of nitrogens with one attached hydrogen (secondary N) is 2. The van der Waals surface area contributed by atoms with E-state index in [1.807, 2.05) is 18.2 Å². The van der Waals surface area contributed by atoms with Crippen LogP contribution in [0.25, 0.3) is 0 Å². The third-order valence-electron chi connectivity index (χ3n) is 2.78. The van der Waals surface area contributed by atoms with Crippen LogP contribution in [0.15, 0.2) is 30.3 Å². The van der Waals surface area contributed by atoms with Gasteiger partial charge in [-0.3, -0.25) is 9.59 Å². The first kappa shape index (κ1) is 17.4. The molecule has 0 aliphatic carbocycles. The van der Waals surface area contributed by atoms with Crippen molar-refractivity contribution >= 4 is 17.9 Å². The average molecular weight is 309 g/mol. The van der Waals surface area contributed by atoms with E-state index in [2.05, 4.69) is 10.6 Å². The Labute approximate surface area is 127 Å². The number of hydrogen-bond acceptors (Lipinski definition) is 5. The number of ether oxygens (including phenoxy) is 1. The molecule has 0 saturated carbocycles. The quantitative estimate of drug-likeness (QED) is 0.527. The molecule has 8 nitrogen and oxygen atoms in total. The minimum atomic E-state index is -1.20. The summed E-state index contributed by atoms with van der Waals surface area (Å²) in [5.74, 6) is -1.52. The number of nitrogens with two attached hydrogens (primary N) is 1. The zero-order valence-electron chi connectivity index (χ0n) is 12.1. The van der Waals surface area contributed by atoms with Crippen LogP contribution in [0.4, 0.5) is 4.79 Å². The van der Waals surface area contributed by atoms with Crippen LogP contribution in [0, 0.1) is 0 Å². The summed E-state index contributed by atoms with van der Waals surface area (Å²) in [6.07, 6.45) is -0.772. The van der Waals surface area contributed by atoms with E-state index in [1.54, 1.807) is 12.1 Å². The molecule has 5 N–H and O–H groups in total. The third kappa shape index (κ3) is 5.80. The number of aliphatic hydroxyl groups excluding tert-OH is 1. The van der Waals surface area contributed by atoms with Crippen molar-refractivity contribution in [3.63, 3.8) is 0 Å². The Bertz CT molecular complexity index is 520. The largest absolute Gasteiger partial charge is 0.445 e. The van der Waals surface area contributed by atoms with Crippen LogP contribution in [0.3, 0.4) is 0 Å². The molecule has 0 aliphatic rings. The summed E-state index contributed by atoms with van der Waals surface area (Å²) in [6, 6.07) is 6.90. The highest BCUT2D eigenvalue weighted by molar-refractivity contribution is 5.90. The first-order valence-electron chi connectivity index (χ1n) is 6.61. The van der Waals surface area contributed by atoms with Gasteiger partial charge in [-0.25, -0.2) is 4.79 Å². The van der Waals surface area contributed by atoms with Crippen LogP contribution in [0.2, 0.25) is 0 Å². The number of benzene rings is 1. The summed E-state index contributed by atoms with van der Waals surface area (Å²) in [4.78, 5) is 34.2. The summed E-state index contributed by atoms with van der Waals surface area (Å²) in [5.41, 5.74) is 5.79. The minimum Gasteiger partial charge on any atom is -0.445 e. The predicted octanol–water partition coefficient (Wildman–Crippen LogP) is -0.736. The topological polar surface area (TPSA) is 131 Å². The van der Waals surface area contributed by atoms with Crippen molar-refractivity contribution in [2.24, 2.45) is 5.73 Å². The van der Waals surface area contributed by atoms with E-state index < -0.39 is 36.6 Å². The lowest BCUT2D eigenvalue weighted by molar-refractivity contribution is -0.129. The Morgan fingerprint density at radius 2 is 1.86 bits per heavy atom. The SMILES string of the molecule is C[C@@H](NC(=O)OCc1ccccc1)C(=O)N[C@@H](CO)C(N)=O. The van der Waals surface area contributed by atoms with Crippen molar-refractivity contribution in [2.45, 2.75) is 25.6 Å². The first-order chi connectivity index (χ1) is 10.4. The second-order valence-corrected chi connectivity index (χ2v) is 4.57. The monoisotopic (exact) mass is 309 g/mol. The molecule has 0 heterocycles. The number of carbonyl (C=O) groups is 3. The summed E-state index contributed by atoms with van der Waals surface area (Å²) >= 11 is 0. The number of alkyl carbamates (subject to hydrolysis) is 1. The van der Waals surface area contributed by atoms with Gasteiger partial charge in [-0.2, -0.15) is 0 Å². The van der Waals surface area contributed by atoms with Crippen LogP contribution in [0.5, 0.6) is 0 Å². The van der Waals surface area contributed by atoms with Gasteiger partial charge in [-0.05, 0) is 12.5 Å². The highest BCUT2D eigenvalue weighted by Crippen LogP contribution is 2.00. The standard InChI is InChI=1S/C14H19N3O5/c1-9(13(20)17-11(7-18)12(15)19)16-14(21)22-8-10-5-3-2-4-6-10/h2-6,9,11,18H,7-8H2,1H3,(H2,15,19)(H,16,21)(H,17,20)/t9-,11+/m1/s1. The van der Waals surface area contributed by atoms with E-state index in [0.29, 0.717) is 0 Å². The van der Waals surface area contributed by atoms with Crippen molar-refractivity contribution in [3.8, 4) is 0 Å². The predicted molar refractivity (Wildman–Crippen MR) is 77.4 cm³/mol. The van der Waals surface area contributed by atoms with Gasteiger partial charge in [-0.15, -0.1) is 0 Å². The zero-order valence-corrected chi connectivity index (χ0v) is 12.1. The van der Waals surface area contributed by atoms with Crippen molar-refractivity contribution < 1.29 is 24.2 Å². The van der Waals surface area contributed by atoms with Crippen LogP contribution < -0.4 is 16.4 Å². The number of primary amides is 1. The molecular formula is C14H19N3O5. The maximum absolute atomic E-state index is 11.7. The van der Waals surface area contributed by atoms with E-state index in [0.717, 1.165) is 5.56 Å². The van der Waals surface area contributed by atoms with Gasteiger partial charge in [0.05, 0.1) is 6.61 Å². The average Bonchev–Trinajstić information content (AvgIpc) is 2.50. The second kappa shape index (κ2) is 8.63. The molecule has 0 saturated heterocycles. The van der Waals surface area contributed by atoms with Gasteiger partial charge in [0.15, 0.2) is 0 Å². The van der Waals surface area contributed by atoms with Crippen molar-refractivity contribution in [1.82, 2.24) is 10.6 Å². The Morgan fingerprint density at radius 3 is 2.41 bits per heavy atom. The fraction of sp³-hybridized carbons (Fsp3) is 0.357. The molecule has 22 heavy (non-hydrogen) atoms. The maximum atomic E-state index is 11.7. The molecule has 0 unspecified atom stereocenters. The van der Waals surface area contributed by atoms with Crippen LogP contribution >= 0.6 is 0 Å². The molecule has 1 rings (SSSR count). The molecular weight excluding hydrogens is 290 g/mol. The van der Waals surface area contributed by atoms with E-state index >= 15 is 0 Å². The molecule has 1 aromatic carbocycles. The number of rotatable bonds is 7. The highest BCUT2D eigenvalue weighted by atomic mass is 16.5. The molecule has 8 heteroatoms. The van der Waals surface area contributed by atoms with Gasteiger partial charge in [-0.1, -0.05) is 30.3 Å². The van der Waals surface area contributed by atoms with E-state index in [4.69, 9.17) is 15.6 Å². The first-order valence-corrected chi connectivity index (χ1v) is 6.61. The number of hydrogen-bond donors (Lipinski definition) is 4. The maximum Gasteiger partial charge on any atom is 0.408 e. The van der Waals surface area contributed by atoms with Gasteiger partial charge in [0.2, 0.25) is 11.8 Å². The van der Waals surface area contributed by atoms with Crippen molar-refractivity contribution in [3.05, 3.63) is 35.9 Å². The van der Waals surface area contributed by atoms with Gasteiger partial charge in [0, 0.05) is 0 Å². The fourth-order valence-corrected chi connectivity index (χ4v) is 1.51. The summed E-state index contributed by atoms with van der Waals surface area (Å²) in [5, 5.41) is 13.4. The number of aliphatic hydroxyl groups is 1. The molecule has 1 aromatic rings. The lowest BCUT2D eigenvalue weighted by atomic mass is 10.2. The fourth-order valence-electron chi connectivity index (χ4n) is 1.51. The van der Waals surface area contributed by atoms with Crippen molar-refractivity contribution in [2.75, 3.05) is 6.61 Å². The molecule has 0 aromatic heterocycles. The molecule has 120 valence electrons. The number of amides is 3. The Kier molecular flexibility index (Phi) is 6.84. The van der Waals surface area contributed by atoms with E-state index in [1.165, 1.54) is 6.92 Å². The lowest BCUT2D eigenvalue weighted by Gasteiger charge is -2.17. The minimum absolute atomic E-state index is 0.0710. The Morgan fingerprint density at radius 1 is 1.23 bits per heavy atom. The lowest BCUT2D eigenvalue weighted by Crippen LogP contribution is -2.53. The summed E-state index contributed by atoms with van der Waals surface area (Å²) < 4.78 is 4.96. The Hall–Kier alpha value is -2.61. The van der Waals surface area contributed by atoms with Gasteiger partial charge in [0.1, 0.15) is 18.7 Å². The molecule has 0 fully saturated rings. The van der Waals surface area contributed by atoms with Gasteiger partial charge < -0.3 is 26.2 Å². The van der Waals surface area contributed by atoms with Crippen LogP contribution in [-0.2, 0) is 20.9 Å². The molecule has 0 bridgehead atoms. The smallest absolute Gasteiger partial charge is 0.408 e. The van der Waals surface area contributed by atoms with Crippen LogP contribution in [0.1, 0.15) is 12.5 Å². The molecule has 0 aliphatic heterocycles. The van der Waals surface area contributed by atoms with Gasteiger partial charge >= 0.3 is 6.09 Å². The van der Waals surface area contributed by atoms with Crippen LogP contribution in [-0.4, -0.2) is 41.7 Å². The molecule has 3 amide bonds. The van der Waals surface area contributed by atoms with Crippen molar-refractivity contribution in [1.29, 1.82) is 0 Å². The summed E-state index contributed by atoms with van der Waals surface area (Å²) in [7, 11) is 0. The molecule has 0 radical (unpaired) electrons. The van der Waals surface area contributed by atoms with E-state index in [9.17, 15) is 14.4 Å². The normalized spacial score (nSPS) is 12.8. The molecule has 2 atom stereocenters. The third-order valence-corrected chi connectivity index (χ3v) is 2.78. The number of carbonyl (C=O) groups excluding carboxylic acids is 3. The zero-order chi connectivity index (χ0) is 16.5. The van der Waals surface area contributed by atoms with E-state index in [-0.39, 0.29) is 6.61 Å². The Balaban J connectivity index is 2.39. The summed E-state index contributed by atoms with van der Waals surface area (Å²) in [6.45, 7) is 0.863.